The third kappa shape index (κ3) is 5.98. The van der Waals surface area contributed by atoms with E-state index >= 15 is 0 Å². The zero-order valence-corrected chi connectivity index (χ0v) is 11.2. The van der Waals surface area contributed by atoms with Gasteiger partial charge in [0.2, 0.25) is 5.91 Å². The van der Waals surface area contributed by atoms with Crippen molar-refractivity contribution in [1.29, 1.82) is 0 Å². The fourth-order valence-corrected chi connectivity index (χ4v) is 2.33. The standard InChI is InChI=1S/C14H15NO3S/c1-2-8-15-13(16)10-19-12(14(17)18)9-11-6-4-3-5-7-11/h1,3-7,12H,8-10H2,(H,15,16)(H,17,18). The van der Waals surface area contributed by atoms with Crippen LogP contribution in [0.15, 0.2) is 30.3 Å². The summed E-state index contributed by atoms with van der Waals surface area (Å²) >= 11 is 1.10. The summed E-state index contributed by atoms with van der Waals surface area (Å²) in [6, 6.07) is 9.33. The minimum atomic E-state index is -0.918. The topological polar surface area (TPSA) is 66.4 Å². The first-order valence-electron chi connectivity index (χ1n) is 5.72. The third-order valence-corrected chi connectivity index (χ3v) is 3.54. The van der Waals surface area contributed by atoms with Crippen molar-refractivity contribution in [2.45, 2.75) is 11.7 Å². The lowest BCUT2D eigenvalue weighted by Crippen LogP contribution is -2.28. The monoisotopic (exact) mass is 277 g/mol. The molecule has 0 spiro atoms. The highest BCUT2D eigenvalue weighted by Gasteiger charge is 2.19. The van der Waals surface area contributed by atoms with Gasteiger partial charge in [-0.25, -0.2) is 0 Å². The minimum Gasteiger partial charge on any atom is -0.480 e. The number of terminal acetylenes is 1. The molecule has 0 fully saturated rings. The summed E-state index contributed by atoms with van der Waals surface area (Å²) in [5, 5.41) is 11.0. The predicted molar refractivity (Wildman–Crippen MR) is 75.9 cm³/mol. The summed E-state index contributed by atoms with van der Waals surface area (Å²) in [6.07, 6.45) is 5.41. The molecule has 0 bridgehead atoms. The van der Waals surface area contributed by atoms with Crippen LogP contribution in [0.5, 0.6) is 0 Å². The average molecular weight is 277 g/mol. The minimum absolute atomic E-state index is 0.0888. The first kappa shape index (κ1) is 15.1. The van der Waals surface area contributed by atoms with E-state index in [2.05, 4.69) is 11.2 Å². The van der Waals surface area contributed by atoms with Crippen molar-refractivity contribution in [2.75, 3.05) is 12.3 Å². The fourth-order valence-electron chi connectivity index (χ4n) is 1.42. The van der Waals surface area contributed by atoms with Gasteiger partial charge in [0.25, 0.3) is 0 Å². The summed E-state index contributed by atoms with van der Waals surface area (Å²) < 4.78 is 0. The van der Waals surface area contributed by atoms with E-state index in [1.54, 1.807) is 0 Å². The second kappa shape index (κ2) is 8.22. The molecule has 100 valence electrons. The summed E-state index contributed by atoms with van der Waals surface area (Å²) in [5.74, 6) is 1.21. The van der Waals surface area contributed by atoms with Gasteiger partial charge in [-0.15, -0.1) is 18.2 Å². The van der Waals surface area contributed by atoms with Crippen molar-refractivity contribution in [3.05, 3.63) is 35.9 Å². The Labute approximate surface area is 116 Å². The van der Waals surface area contributed by atoms with Crippen molar-refractivity contribution in [3.8, 4) is 12.3 Å². The van der Waals surface area contributed by atoms with Crippen LogP contribution in [0.2, 0.25) is 0 Å². The second-order valence-electron chi connectivity index (χ2n) is 3.81. The molecule has 0 saturated carbocycles. The molecule has 0 aliphatic rings. The van der Waals surface area contributed by atoms with Crippen molar-refractivity contribution >= 4 is 23.6 Å². The van der Waals surface area contributed by atoms with Gasteiger partial charge in [0.05, 0.1) is 12.3 Å². The number of hydrogen-bond donors (Lipinski definition) is 2. The van der Waals surface area contributed by atoms with E-state index in [-0.39, 0.29) is 18.2 Å². The van der Waals surface area contributed by atoms with Crippen molar-refractivity contribution in [3.63, 3.8) is 0 Å². The molecule has 0 heterocycles. The second-order valence-corrected chi connectivity index (χ2v) is 5.00. The summed E-state index contributed by atoms with van der Waals surface area (Å²) in [4.78, 5) is 22.5. The summed E-state index contributed by atoms with van der Waals surface area (Å²) in [7, 11) is 0. The lowest BCUT2D eigenvalue weighted by molar-refractivity contribution is -0.136. The van der Waals surface area contributed by atoms with Crippen LogP contribution in [0.3, 0.4) is 0 Å². The molecular formula is C14H15NO3S. The number of hydrogen-bond acceptors (Lipinski definition) is 3. The molecule has 5 heteroatoms. The van der Waals surface area contributed by atoms with Crippen molar-refractivity contribution in [2.24, 2.45) is 0 Å². The highest BCUT2D eigenvalue weighted by Crippen LogP contribution is 2.16. The molecule has 0 aliphatic carbocycles. The van der Waals surface area contributed by atoms with Gasteiger partial charge in [-0.2, -0.15) is 0 Å². The molecule has 2 N–H and O–H groups in total. The van der Waals surface area contributed by atoms with Crippen LogP contribution in [0.25, 0.3) is 0 Å². The van der Waals surface area contributed by atoms with Gasteiger partial charge in [-0.05, 0) is 12.0 Å². The van der Waals surface area contributed by atoms with Gasteiger partial charge < -0.3 is 10.4 Å². The number of amides is 1. The average Bonchev–Trinajstić information content (AvgIpc) is 2.41. The smallest absolute Gasteiger partial charge is 0.316 e. The van der Waals surface area contributed by atoms with Crippen molar-refractivity contribution in [1.82, 2.24) is 5.32 Å². The van der Waals surface area contributed by atoms with Gasteiger partial charge >= 0.3 is 5.97 Å². The fraction of sp³-hybridized carbons (Fsp3) is 0.286. The van der Waals surface area contributed by atoms with Crippen LogP contribution in [0, 0.1) is 12.3 Å². The maximum Gasteiger partial charge on any atom is 0.316 e. The summed E-state index contributed by atoms with van der Waals surface area (Å²) in [5.41, 5.74) is 0.937. The van der Waals surface area contributed by atoms with Gasteiger partial charge in [0, 0.05) is 0 Å². The quantitative estimate of drug-likeness (QED) is 0.734. The normalized spacial score (nSPS) is 11.3. The SMILES string of the molecule is C#CCNC(=O)CSC(Cc1ccccc1)C(=O)O. The van der Waals surface area contributed by atoms with E-state index in [1.807, 2.05) is 30.3 Å². The first-order valence-corrected chi connectivity index (χ1v) is 6.77. The molecule has 1 amide bonds. The molecule has 1 aromatic rings. The molecule has 0 aliphatic heterocycles. The van der Waals surface area contributed by atoms with Crippen LogP contribution in [-0.2, 0) is 16.0 Å². The van der Waals surface area contributed by atoms with E-state index in [1.165, 1.54) is 0 Å². The van der Waals surface area contributed by atoms with Crippen LogP contribution in [0.1, 0.15) is 5.56 Å². The number of carboxylic acids is 1. The largest absolute Gasteiger partial charge is 0.480 e. The lowest BCUT2D eigenvalue weighted by Gasteiger charge is -2.11. The first-order chi connectivity index (χ1) is 9.13. The van der Waals surface area contributed by atoms with Crippen LogP contribution in [0.4, 0.5) is 0 Å². The number of thioether (sulfide) groups is 1. The predicted octanol–water partition coefficient (Wildman–Crippen LogP) is 1.16. The Morgan fingerprint density at radius 2 is 2.05 bits per heavy atom. The maximum atomic E-state index is 11.4. The van der Waals surface area contributed by atoms with E-state index in [0.29, 0.717) is 6.42 Å². The van der Waals surface area contributed by atoms with Gasteiger partial charge in [-0.3, -0.25) is 9.59 Å². The van der Waals surface area contributed by atoms with Crippen molar-refractivity contribution < 1.29 is 14.7 Å². The van der Waals surface area contributed by atoms with E-state index in [4.69, 9.17) is 11.5 Å². The Balaban J connectivity index is 2.48. The number of aliphatic carboxylic acids is 1. The Morgan fingerprint density at radius 1 is 1.37 bits per heavy atom. The molecular weight excluding hydrogens is 262 g/mol. The third-order valence-electron chi connectivity index (χ3n) is 2.34. The number of benzene rings is 1. The molecule has 1 aromatic carbocycles. The molecule has 1 unspecified atom stereocenters. The highest BCUT2D eigenvalue weighted by atomic mass is 32.2. The molecule has 1 rings (SSSR count). The van der Waals surface area contributed by atoms with Crippen LogP contribution >= 0.6 is 11.8 Å². The highest BCUT2D eigenvalue weighted by molar-refractivity contribution is 8.01. The Hall–Kier alpha value is -1.93. The summed E-state index contributed by atoms with van der Waals surface area (Å²) in [6.45, 7) is 0.163. The van der Waals surface area contributed by atoms with Gasteiger partial charge in [0.1, 0.15) is 5.25 Å². The molecule has 0 aromatic heterocycles. The van der Waals surface area contributed by atoms with Crippen LogP contribution < -0.4 is 5.32 Å². The number of carbonyl (C=O) groups is 2. The molecule has 0 radical (unpaired) electrons. The van der Waals surface area contributed by atoms with E-state index < -0.39 is 11.2 Å². The van der Waals surface area contributed by atoms with Gasteiger partial charge in [0.15, 0.2) is 0 Å². The van der Waals surface area contributed by atoms with E-state index in [0.717, 1.165) is 17.3 Å². The zero-order valence-electron chi connectivity index (χ0n) is 10.3. The zero-order chi connectivity index (χ0) is 14.1. The maximum absolute atomic E-state index is 11.4. The molecule has 4 nitrogen and oxygen atoms in total. The Bertz CT molecular complexity index is 467. The van der Waals surface area contributed by atoms with Crippen LogP contribution in [-0.4, -0.2) is 34.5 Å². The molecule has 1 atom stereocenters. The number of nitrogens with one attached hydrogen (secondary N) is 1. The lowest BCUT2D eigenvalue weighted by atomic mass is 10.1. The number of carboxylic acid groups (broad SMARTS) is 1. The van der Waals surface area contributed by atoms with E-state index in [9.17, 15) is 9.59 Å². The molecule has 19 heavy (non-hydrogen) atoms. The number of carbonyl (C=O) groups excluding carboxylic acids is 1. The Morgan fingerprint density at radius 3 is 2.63 bits per heavy atom. The number of rotatable bonds is 7. The Kier molecular flexibility index (Phi) is 6.55. The van der Waals surface area contributed by atoms with Gasteiger partial charge in [-0.1, -0.05) is 36.3 Å². The molecule has 0 saturated heterocycles.